The molecule has 0 aliphatic heterocycles. The van der Waals surface area contributed by atoms with Gasteiger partial charge in [-0.15, -0.1) is 0 Å². The zero-order chi connectivity index (χ0) is 48.6. The van der Waals surface area contributed by atoms with Gasteiger partial charge < -0.3 is 14.2 Å². The summed E-state index contributed by atoms with van der Waals surface area (Å²) >= 11 is 0. The third-order valence-electron chi connectivity index (χ3n) is 13.1. The van der Waals surface area contributed by atoms with Crippen LogP contribution in [0, 0.1) is 0 Å². The Kier molecular flexibility index (Phi) is 54.2. The Morgan fingerprint density at radius 2 is 0.537 bits per heavy atom. The lowest BCUT2D eigenvalue weighted by Crippen LogP contribution is -2.30. The molecule has 0 saturated heterocycles. The smallest absolute Gasteiger partial charge is 0.306 e. The van der Waals surface area contributed by atoms with Crippen LogP contribution in [0.15, 0.2) is 36.5 Å². The number of hydrogen-bond acceptors (Lipinski definition) is 6. The second-order valence-corrected chi connectivity index (χ2v) is 19.9. The summed E-state index contributed by atoms with van der Waals surface area (Å²) < 4.78 is 16.9. The van der Waals surface area contributed by atoms with Crippen molar-refractivity contribution in [1.82, 2.24) is 0 Å². The number of carbonyl (C=O) groups excluding carboxylic acids is 3. The van der Waals surface area contributed by atoms with Gasteiger partial charge in [-0.05, 0) is 70.6 Å². The van der Waals surface area contributed by atoms with Crippen LogP contribution in [0.1, 0.15) is 316 Å². The van der Waals surface area contributed by atoms with Gasteiger partial charge in [-0.3, -0.25) is 14.4 Å². The summed E-state index contributed by atoms with van der Waals surface area (Å²) in [5, 5.41) is 0. The summed E-state index contributed by atoms with van der Waals surface area (Å²) in [4.78, 5) is 38.1. The van der Waals surface area contributed by atoms with Crippen molar-refractivity contribution in [2.75, 3.05) is 13.2 Å². The van der Waals surface area contributed by atoms with Crippen molar-refractivity contribution >= 4 is 17.9 Å². The fourth-order valence-corrected chi connectivity index (χ4v) is 8.67. The minimum atomic E-state index is -0.785. The van der Waals surface area contributed by atoms with Gasteiger partial charge >= 0.3 is 17.9 Å². The molecule has 0 amide bonds. The molecule has 6 heteroatoms. The van der Waals surface area contributed by atoms with Crippen LogP contribution in [0.5, 0.6) is 0 Å². The molecule has 0 bridgehead atoms. The lowest BCUT2D eigenvalue weighted by atomic mass is 10.0. The van der Waals surface area contributed by atoms with Gasteiger partial charge in [-0.2, -0.15) is 0 Å². The average Bonchev–Trinajstić information content (AvgIpc) is 3.33. The minimum Gasteiger partial charge on any atom is -0.462 e. The van der Waals surface area contributed by atoms with Crippen molar-refractivity contribution in [3.63, 3.8) is 0 Å². The normalized spacial score (nSPS) is 12.2. The first kappa shape index (κ1) is 64.6. The molecule has 0 rings (SSSR count). The summed E-state index contributed by atoms with van der Waals surface area (Å²) in [5.74, 6) is -0.894. The second kappa shape index (κ2) is 56.2. The molecule has 6 nitrogen and oxygen atoms in total. The monoisotopic (exact) mass is 941 g/mol. The quantitative estimate of drug-likeness (QED) is 0.0199. The molecule has 392 valence electrons. The highest BCUT2D eigenvalue weighted by molar-refractivity contribution is 5.71. The second-order valence-electron chi connectivity index (χ2n) is 19.9. The number of allylic oxidation sites excluding steroid dienone is 6. The standard InChI is InChI=1S/C61H112O6/c1-4-7-10-13-16-19-22-25-28-30-31-32-34-36-39-42-45-48-51-54-60(63)66-57-58(56-65-59(62)53-50-47-44-41-38-35-27-24-21-18-15-12-9-6-3)67-61(64)55-52-49-46-43-40-37-33-29-26-23-20-17-14-11-8-5-2/h29-31,33,37,40,58H,4-28,32,34-36,38-39,41-57H2,1-3H3/b31-30-,33-29-,40-37-. The summed E-state index contributed by atoms with van der Waals surface area (Å²) in [6, 6.07) is 0. The maximum absolute atomic E-state index is 12.8. The van der Waals surface area contributed by atoms with E-state index in [1.165, 1.54) is 205 Å². The molecule has 0 spiro atoms. The lowest BCUT2D eigenvalue weighted by molar-refractivity contribution is -0.167. The van der Waals surface area contributed by atoms with Gasteiger partial charge in [0.25, 0.3) is 0 Å². The third kappa shape index (κ3) is 54.4. The van der Waals surface area contributed by atoms with Crippen molar-refractivity contribution in [3.8, 4) is 0 Å². The number of hydrogen-bond donors (Lipinski definition) is 0. The van der Waals surface area contributed by atoms with Crippen LogP contribution in [-0.2, 0) is 28.6 Å². The first-order valence-corrected chi connectivity index (χ1v) is 29.5. The van der Waals surface area contributed by atoms with Crippen LogP contribution >= 0.6 is 0 Å². The summed E-state index contributed by atoms with van der Waals surface area (Å²) in [6.45, 7) is 6.65. The Hall–Kier alpha value is -2.37. The molecule has 0 fully saturated rings. The predicted molar refractivity (Wildman–Crippen MR) is 289 cm³/mol. The summed E-state index contributed by atoms with van der Waals surface area (Å²) in [7, 11) is 0. The van der Waals surface area contributed by atoms with Crippen LogP contribution < -0.4 is 0 Å². The highest BCUT2D eigenvalue weighted by Gasteiger charge is 2.19. The molecule has 1 unspecified atom stereocenters. The van der Waals surface area contributed by atoms with Gasteiger partial charge in [0.05, 0.1) is 0 Å². The molecule has 67 heavy (non-hydrogen) atoms. The summed E-state index contributed by atoms with van der Waals surface area (Å²) in [5.41, 5.74) is 0. The maximum Gasteiger partial charge on any atom is 0.306 e. The van der Waals surface area contributed by atoms with E-state index in [2.05, 4.69) is 57.2 Å². The van der Waals surface area contributed by atoms with Crippen LogP contribution in [0.2, 0.25) is 0 Å². The van der Waals surface area contributed by atoms with Gasteiger partial charge in [0.15, 0.2) is 6.10 Å². The molecule has 0 heterocycles. The molecule has 0 aliphatic carbocycles. The SMILES string of the molecule is CCCCCCCCC/C=C\C=C/CCCCCC(=O)OC(COC(=O)CCCCCCCCC/C=C\CCCCCCCCCC)COC(=O)CCCCCCCCCCCCCCCC. The highest BCUT2D eigenvalue weighted by Crippen LogP contribution is 2.16. The van der Waals surface area contributed by atoms with Crippen molar-refractivity contribution in [2.45, 2.75) is 322 Å². The number of unbranched alkanes of at least 4 members (excludes halogenated alkanes) is 38. The predicted octanol–water partition coefficient (Wildman–Crippen LogP) is 19.7. The average molecular weight is 942 g/mol. The first-order valence-electron chi connectivity index (χ1n) is 29.5. The molecular weight excluding hydrogens is 829 g/mol. The zero-order valence-electron chi connectivity index (χ0n) is 44.9. The number of esters is 3. The van der Waals surface area contributed by atoms with Gasteiger partial charge in [0.1, 0.15) is 13.2 Å². The minimum absolute atomic E-state index is 0.0806. The molecule has 0 aromatic rings. The maximum atomic E-state index is 12.8. The van der Waals surface area contributed by atoms with Crippen molar-refractivity contribution in [3.05, 3.63) is 36.5 Å². The van der Waals surface area contributed by atoms with Crippen LogP contribution in [0.4, 0.5) is 0 Å². The van der Waals surface area contributed by atoms with Crippen LogP contribution in [0.3, 0.4) is 0 Å². The van der Waals surface area contributed by atoms with E-state index in [-0.39, 0.29) is 31.1 Å². The molecule has 0 aliphatic rings. The fourth-order valence-electron chi connectivity index (χ4n) is 8.67. The number of ether oxygens (including phenoxy) is 3. The van der Waals surface area contributed by atoms with E-state index >= 15 is 0 Å². The molecular formula is C61H112O6. The molecule has 0 aromatic carbocycles. The van der Waals surface area contributed by atoms with Gasteiger partial charge in [0.2, 0.25) is 0 Å². The Bertz CT molecular complexity index is 1130. The molecule has 0 N–H and O–H groups in total. The molecule has 0 aromatic heterocycles. The third-order valence-corrected chi connectivity index (χ3v) is 13.1. The Balaban J connectivity index is 4.37. The molecule has 0 saturated carbocycles. The van der Waals surface area contributed by atoms with Gasteiger partial charge in [-0.25, -0.2) is 0 Å². The van der Waals surface area contributed by atoms with Crippen molar-refractivity contribution < 1.29 is 28.6 Å². The van der Waals surface area contributed by atoms with Crippen LogP contribution in [-0.4, -0.2) is 37.2 Å². The van der Waals surface area contributed by atoms with Gasteiger partial charge in [-0.1, -0.05) is 263 Å². The molecule has 1 atom stereocenters. The first-order chi connectivity index (χ1) is 33.0. The van der Waals surface area contributed by atoms with E-state index in [0.717, 1.165) is 70.6 Å². The van der Waals surface area contributed by atoms with E-state index in [9.17, 15) is 14.4 Å². The zero-order valence-corrected chi connectivity index (χ0v) is 44.9. The lowest BCUT2D eigenvalue weighted by Gasteiger charge is -2.18. The van der Waals surface area contributed by atoms with E-state index in [0.29, 0.717) is 19.3 Å². The Morgan fingerprint density at radius 3 is 0.851 bits per heavy atom. The van der Waals surface area contributed by atoms with Gasteiger partial charge in [0, 0.05) is 19.3 Å². The largest absolute Gasteiger partial charge is 0.462 e. The Morgan fingerprint density at radius 1 is 0.299 bits per heavy atom. The topological polar surface area (TPSA) is 78.9 Å². The number of rotatable bonds is 54. The fraction of sp³-hybridized carbons (Fsp3) is 0.852. The summed E-state index contributed by atoms with van der Waals surface area (Å²) in [6.07, 6.45) is 67.1. The van der Waals surface area contributed by atoms with Crippen LogP contribution in [0.25, 0.3) is 0 Å². The van der Waals surface area contributed by atoms with Crippen molar-refractivity contribution in [1.29, 1.82) is 0 Å². The Labute approximate surface area is 416 Å². The molecule has 0 radical (unpaired) electrons. The van der Waals surface area contributed by atoms with E-state index < -0.39 is 6.10 Å². The number of carbonyl (C=O) groups is 3. The van der Waals surface area contributed by atoms with E-state index in [1.807, 2.05) is 0 Å². The van der Waals surface area contributed by atoms with Crippen molar-refractivity contribution in [2.24, 2.45) is 0 Å². The van der Waals surface area contributed by atoms with E-state index in [4.69, 9.17) is 14.2 Å². The van der Waals surface area contributed by atoms with E-state index in [1.54, 1.807) is 0 Å². The highest BCUT2D eigenvalue weighted by atomic mass is 16.6.